The van der Waals surface area contributed by atoms with E-state index in [0.29, 0.717) is 18.8 Å². The normalized spacial score (nSPS) is 17.5. The lowest BCUT2D eigenvalue weighted by molar-refractivity contribution is -0.402. The summed E-state index contributed by atoms with van der Waals surface area (Å²) < 4.78 is 5.02. The van der Waals surface area contributed by atoms with Gasteiger partial charge < -0.3 is 9.32 Å². The van der Waals surface area contributed by atoms with E-state index < -0.39 is 22.0 Å². The molecule has 0 spiro atoms. The minimum Gasteiger partial charge on any atom is -0.401 e. The summed E-state index contributed by atoms with van der Waals surface area (Å²) in [5.41, 5.74) is 2.28. The number of fused-ring (bicyclic) bond motifs is 1. The zero-order valence-corrected chi connectivity index (χ0v) is 15.4. The summed E-state index contributed by atoms with van der Waals surface area (Å²) in [5, 5.41) is 10.2. The number of imide groups is 1. The first-order chi connectivity index (χ1) is 13.3. The third kappa shape index (κ3) is 3.07. The molecule has 3 heterocycles. The molecule has 0 N–H and O–H groups in total. The Kier molecular flexibility index (Phi) is 4.27. The van der Waals surface area contributed by atoms with Crippen molar-refractivity contribution in [1.82, 2.24) is 4.90 Å². The van der Waals surface area contributed by atoms with Crippen LogP contribution in [0.5, 0.6) is 0 Å². The van der Waals surface area contributed by atoms with Crippen molar-refractivity contribution in [1.29, 1.82) is 0 Å². The molecule has 10 heteroatoms. The zero-order chi connectivity index (χ0) is 20.0. The number of benzene rings is 1. The summed E-state index contributed by atoms with van der Waals surface area (Å²) in [4.78, 5) is 49.5. The number of carbonyl (C=O) groups excluding carboxylic acids is 3. The first-order valence-electron chi connectivity index (χ1n) is 8.23. The number of amides is 3. The van der Waals surface area contributed by atoms with Gasteiger partial charge in [-0.2, -0.15) is 0 Å². The van der Waals surface area contributed by atoms with Gasteiger partial charge in [-0.1, -0.05) is 6.07 Å². The number of anilines is 1. The van der Waals surface area contributed by atoms with Crippen molar-refractivity contribution in [3.8, 4) is 0 Å². The van der Waals surface area contributed by atoms with Gasteiger partial charge in [-0.25, -0.2) is 4.90 Å². The SMILES string of the molecule is CC(=O)N1Cc2ccc(N3C(=O)S/C(=C\c4ccc([N+](=O)[O-])o4)C3=O)cc2C1. The molecule has 0 aliphatic carbocycles. The monoisotopic (exact) mass is 399 g/mol. The second kappa shape index (κ2) is 6.64. The van der Waals surface area contributed by atoms with Crippen molar-refractivity contribution in [2.75, 3.05) is 4.90 Å². The number of furan rings is 1. The fraction of sp³-hybridized carbons (Fsp3) is 0.167. The molecule has 1 fully saturated rings. The van der Waals surface area contributed by atoms with Crippen molar-refractivity contribution in [2.45, 2.75) is 20.0 Å². The van der Waals surface area contributed by atoms with Gasteiger partial charge in [-0.3, -0.25) is 24.5 Å². The van der Waals surface area contributed by atoms with E-state index in [1.165, 1.54) is 25.1 Å². The average Bonchev–Trinajstić information content (AvgIpc) is 3.33. The second-order valence-electron chi connectivity index (χ2n) is 6.28. The summed E-state index contributed by atoms with van der Waals surface area (Å²) in [6, 6.07) is 7.74. The van der Waals surface area contributed by atoms with Crippen molar-refractivity contribution in [3.05, 3.63) is 62.2 Å². The Labute approximate surface area is 162 Å². The van der Waals surface area contributed by atoms with Crippen LogP contribution in [0, 0.1) is 10.1 Å². The number of nitrogens with zero attached hydrogens (tertiary/aromatic N) is 3. The molecule has 4 rings (SSSR count). The van der Waals surface area contributed by atoms with E-state index in [2.05, 4.69) is 0 Å². The van der Waals surface area contributed by atoms with Crippen LogP contribution in [0.25, 0.3) is 6.08 Å². The van der Waals surface area contributed by atoms with Crippen molar-refractivity contribution in [3.63, 3.8) is 0 Å². The predicted molar refractivity (Wildman–Crippen MR) is 100 cm³/mol. The van der Waals surface area contributed by atoms with Crippen LogP contribution >= 0.6 is 11.8 Å². The maximum Gasteiger partial charge on any atom is 0.433 e. The van der Waals surface area contributed by atoms with E-state index in [0.717, 1.165) is 27.8 Å². The maximum absolute atomic E-state index is 12.7. The number of rotatable bonds is 3. The number of thioether (sulfide) groups is 1. The molecular formula is C18H13N3O6S. The van der Waals surface area contributed by atoms with Crippen LogP contribution < -0.4 is 4.90 Å². The summed E-state index contributed by atoms with van der Waals surface area (Å²) >= 11 is 0.732. The minimum atomic E-state index is -0.683. The summed E-state index contributed by atoms with van der Waals surface area (Å²) in [7, 11) is 0. The Morgan fingerprint density at radius 3 is 2.64 bits per heavy atom. The standard InChI is InChI=1S/C18H13N3O6S/c1-10(22)19-8-11-2-3-13(6-12(11)9-19)20-17(23)15(28-18(20)24)7-14-4-5-16(27-14)21(25)26/h2-7H,8-9H2,1H3/b15-7-. The first kappa shape index (κ1) is 18.0. The molecule has 142 valence electrons. The molecule has 0 bridgehead atoms. The lowest BCUT2D eigenvalue weighted by Crippen LogP contribution is -2.27. The van der Waals surface area contributed by atoms with Crippen molar-refractivity contribution < 1.29 is 23.7 Å². The molecule has 0 radical (unpaired) electrons. The van der Waals surface area contributed by atoms with Crippen LogP contribution in [0.4, 0.5) is 16.4 Å². The molecule has 9 nitrogen and oxygen atoms in total. The fourth-order valence-corrected chi connectivity index (χ4v) is 3.90. The van der Waals surface area contributed by atoms with E-state index in [1.54, 1.807) is 23.1 Å². The Bertz CT molecular complexity index is 1070. The van der Waals surface area contributed by atoms with Gasteiger partial charge in [0, 0.05) is 26.1 Å². The predicted octanol–water partition coefficient (Wildman–Crippen LogP) is 3.29. The molecule has 0 saturated carbocycles. The van der Waals surface area contributed by atoms with Gasteiger partial charge in [0.25, 0.3) is 11.1 Å². The molecule has 2 aliphatic heterocycles. The van der Waals surface area contributed by atoms with Crippen LogP contribution in [0.15, 0.2) is 39.7 Å². The molecular weight excluding hydrogens is 386 g/mol. The molecule has 28 heavy (non-hydrogen) atoms. The average molecular weight is 399 g/mol. The highest BCUT2D eigenvalue weighted by Crippen LogP contribution is 2.37. The van der Waals surface area contributed by atoms with Gasteiger partial charge >= 0.3 is 5.88 Å². The number of hydrogen-bond donors (Lipinski definition) is 0. The van der Waals surface area contributed by atoms with Crippen molar-refractivity contribution >= 4 is 46.5 Å². The molecule has 1 aromatic heterocycles. The van der Waals surface area contributed by atoms with Gasteiger partial charge in [0.2, 0.25) is 5.91 Å². The summed E-state index contributed by atoms with van der Waals surface area (Å²) in [6.07, 6.45) is 1.31. The molecule has 2 aromatic rings. The van der Waals surface area contributed by atoms with Gasteiger partial charge in [-0.15, -0.1) is 0 Å². The smallest absolute Gasteiger partial charge is 0.401 e. The molecule has 0 atom stereocenters. The maximum atomic E-state index is 12.7. The topological polar surface area (TPSA) is 114 Å². The third-order valence-electron chi connectivity index (χ3n) is 4.48. The third-order valence-corrected chi connectivity index (χ3v) is 5.34. The Morgan fingerprint density at radius 1 is 1.21 bits per heavy atom. The highest BCUT2D eigenvalue weighted by atomic mass is 32.2. The van der Waals surface area contributed by atoms with Gasteiger partial charge in [-0.05, 0) is 41.1 Å². The Hall–Kier alpha value is -3.40. The molecule has 3 amide bonds. The van der Waals surface area contributed by atoms with Crippen LogP contribution in [0.1, 0.15) is 23.8 Å². The zero-order valence-electron chi connectivity index (χ0n) is 14.6. The largest absolute Gasteiger partial charge is 0.433 e. The molecule has 1 aromatic carbocycles. The van der Waals surface area contributed by atoms with E-state index in [1.807, 2.05) is 0 Å². The lowest BCUT2D eigenvalue weighted by atomic mass is 10.1. The van der Waals surface area contributed by atoms with Gasteiger partial charge in [0.15, 0.2) is 0 Å². The van der Waals surface area contributed by atoms with Crippen LogP contribution in [-0.4, -0.2) is 26.9 Å². The van der Waals surface area contributed by atoms with E-state index in [4.69, 9.17) is 4.42 Å². The minimum absolute atomic E-state index is 0.0422. The Morgan fingerprint density at radius 2 is 1.96 bits per heavy atom. The molecule has 2 aliphatic rings. The van der Waals surface area contributed by atoms with Crippen LogP contribution in [0.3, 0.4) is 0 Å². The van der Waals surface area contributed by atoms with Gasteiger partial charge in [0.05, 0.1) is 16.7 Å². The highest BCUT2D eigenvalue weighted by Gasteiger charge is 2.37. The van der Waals surface area contributed by atoms with E-state index >= 15 is 0 Å². The second-order valence-corrected chi connectivity index (χ2v) is 7.27. The number of hydrogen-bond acceptors (Lipinski definition) is 7. The van der Waals surface area contributed by atoms with E-state index in [-0.39, 0.29) is 16.6 Å². The first-order valence-corrected chi connectivity index (χ1v) is 9.04. The van der Waals surface area contributed by atoms with Crippen molar-refractivity contribution in [2.24, 2.45) is 0 Å². The van der Waals surface area contributed by atoms with Gasteiger partial charge in [0.1, 0.15) is 10.7 Å². The lowest BCUT2D eigenvalue weighted by Gasteiger charge is -2.13. The summed E-state index contributed by atoms with van der Waals surface area (Å²) in [6.45, 7) is 2.43. The highest BCUT2D eigenvalue weighted by molar-refractivity contribution is 8.19. The quantitative estimate of drug-likeness (QED) is 0.442. The van der Waals surface area contributed by atoms with Crippen LogP contribution in [-0.2, 0) is 22.7 Å². The number of carbonyl (C=O) groups is 3. The number of nitro groups is 1. The van der Waals surface area contributed by atoms with Crippen LogP contribution in [0.2, 0.25) is 0 Å². The molecule has 1 saturated heterocycles. The summed E-state index contributed by atoms with van der Waals surface area (Å²) in [5.74, 6) is -0.905. The molecule has 0 unspecified atom stereocenters. The Balaban J connectivity index is 1.60. The van der Waals surface area contributed by atoms with E-state index in [9.17, 15) is 24.5 Å². The fourth-order valence-electron chi connectivity index (χ4n) is 3.08.